The van der Waals surface area contributed by atoms with Crippen LogP contribution in [0.25, 0.3) is 0 Å². The first-order chi connectivity index (χ1) is 12.0. The van der Waals surface area contributed by atoms with Crippen LogP contribution in [0.1, 0.15) is 32.8 Å². The monoisotopic (exact) mass is 477 g/mol. The van der Waals surface area contributed by atoms with E-state index in [4.69, 9.17) is 9.47 Å². The molecule has 0 radical (unpaired) electrons. The van der Waals surface area contributed by atoms with Gasteiger partial charge in [0, 0.05) is 33.9 Å². The summed E-state index contributed by atoms with van der Waals surface area (Å²) in [5.41, 5.74) is 1.41. The van der Waals surface area contributed by atoms with Gasteiger partial charge in [-0.2, -0.15) is 0 Å². The lowest BCUT2D eigenvalue weighted by Crippen LogP contribution is -2.45. The maximum atomic E-state index is 5.69. The van der Waals surface area contributed by atoms with E-state index in [1.807, 2.05) is 6.07 Å². The molecular weight excluding hydrogens is 441 g/mol. The van der Waals surface area contributed by atoms with Gasteiger partial charge >= 0.3 is 0 Å². The highest BCUT2D eigenvalue weighted by Gasteiger charge is 2.24. The number of hydrogen-bond donors (Lipinski definition) is 2. The van der Waals surface area contributed by atoms with Crippen LogP contribution < -0.4 is 10.6 Å². The second-order valence-electron chi connectivity index (χ2n) is 7.17. The van der Waals surface area contributed by atoms with Crippen molar-refractivity contribution in [3.05, 3.63) is 35.9 Å². The molecule has 0 aromatic heterocycles. The predicted octanol–water partition coefficient (Wildman–Crippen LogP) is 3.48. The standard InChI is InChI=1S/C20H35N3O2.HI/c1-20(2,3)18(24-5)16-23-19(21-4)22-13-9-14-25-15-12-17-10-7-6-8-11-17;/h6-8,10-11,18H,9,12-16H2,1-5H3,(H2,21,22,23);1H. The minimum Gasteiger partial charge on any atom is -0.381 e. The van der Waals surface area contributed by atoms with Crippen molar-refractivity contribution in [3.8, 4) is 0 Å². The van der Waals surface area contributed by atoms with E-state index in [1.54, 1.807) is 14.2 Å². The maximum absolute atomic E-state index is 5.69. The molecule has 0 aliphatic heterocycles. The minimum absolute atomic E-state index is 0. The number of ether oxygens (including phenoxy) is 2. The fraction of sp³-hybridized carbons (Fsp3) is 0.650. The van der Waals surface area contributed by atoms with Gasteiger partial charge in [-0.1, -0.05) is 51.1 Å². The average Bonchev–Trinajstić information content (AvgIpc) is 2.59. The minimum atomic E-state index is 0. The molecule has 0 heterocycles. The van der Waals surface area contributed by atoms with Crippen molar-refractivity contribution in [2.24, 2.45) is 10.4 Å². The van der Waals surface area contributed by atoms with Crippen LogP contribution in [0.3, 0.4) is 0 Å². The first-order valence-electron chi connectivity index (χ1n) is 9.06. The van der Waals surface area contributed by atoms with Crippen LogP contribution in [0.15, 0.2) is 35.3 Å². The van der Waals surface area contributed by atoms with Crippen LogP contribution >= 0.6 is 24.0 Å². The Hall–Kier alpha value is -0.860. The number of halogens is 1. The SMILES string of the molecule is CN=C(NCCCOCCc1ccccc1)NCC(OC)C(C)(C)C.I. The zero-order valence-corrected chi connectivity index (χ0v) is 19.2. The molecule has 0 saturated carbocycles. The molecule has 1 unspecified atom stereocenters. The highest BCUT2D eigenvalue weighted by molar-refractivity contribution is 14.0. The summed E-state index contributed by atoms with van der Waals surface area (Å²) in [6, 6.07) is 10.4. The molecule has 2 N–H and O–H groups in total. The molecule has 0 fully saturated rings. The quantitative estimate of drug-likeness (QED) is 0.235. The van der Waals surface area contributed by atoms with E-state index in [1.165, 1.54) is 5.56 Å². The van der Waals surface area contributed by atoms with Crippen LogP contribution in [-0.2, 0) is 15.9 Å². The zero-order chi connectivity index (χ0) is 18.5. The molecule has 1 aromatic rings. The van der Waals surface area contributed by atoms with Gasteiger partial charge in [0.1, 0.15) is 0 Å². The van der Waals surface area contributed by atoms with Gasteiger partial charge in [-0.3, -0.25) is 4.99 Å². The lowest BCUT2D eigenvalue weighted by atomic mass is 9.89. The molecule has 1 rings (SSSR count). The normalized spacial score (nSPS) is 13.0. The number of aliphatic imine (C=N–C) groups is 1. The van der Waals surface area contributed by atoms with E-state index in [2.05, 4.69) is 60.7 Å². The van der Waals surface area contributed by atoms with Crippen LogP contribution in [0.2, 0.25) is 0 Å². The van der Waals surface area contributed by atoms with E-state index in [-0.39, 0.29) is 35.5 Å². The van der Waals surface area contributed by atoms with Crippen LogP contribution in [-0.4, -0.2) is 52.5 Å². The molecule has 0 amide bonds. The number of nitrogens with zero attached hydrogens (tertiary/aromatic N) is 1. The Kier molecular flexibility index (Phi) is 13.8. The third-order valence-corrected chi connectivity index (χ3v) is 4.06. The lowest BCUT2D eigenvalue weighted by molar-refractivity contribution is 0.0205. The van der Waals surface area contributed by atoms with Gasteiger partial charge in [-0.05, 0) is 23.8 Å². The fourth-order valence-electron chi connectivity index (χ4n) is 2.47. The maximum Gasteiger partial charge on any atom is 0.191 e. The van der Waals surface area contributed by atoms with Crippen molar-refractivity contribution in [1.29, 1.82) is 0 Å². The average molecular weight is 477 g/mol. The molecule has 6 heteroatoms. The molecule has 0 spiro atoms. The number of benzene rings is 1. The van der Waals surface area contributed by atoms with Gasteiger partial charge < -0.3 is 20.1 Å². The second kappa shape index (κ2) is 14.2. The van der Waals surface area contributed by atoms with Gasteiger partial charge in [-0.25, -0.2) is 0 Å². The molecule has 0 aliphatic carbocycles. The highest BCUT2D eigenvalue weighted by Crippen LogP contribution is 2.20. The predicted molar refractivity (Wildman–Crippen MR) is 121 cm³/mol. The molecule has 0 bridgehead atoms. The smallest absolute Gasteiger partial charge is 0.191 e. The number of methoxy groups -OCH3 is 1. The highest BCUT2D eigenvalue weighted by atomic mass is 127. The topological polar surface area (TPSA) is 54.9 Å². The summed E-state index contributed by atoms with van der Waals surface area (Å²) < 4.78 is 11.2. The Labute approximate surface area is 176 Å². The third kappa shape index (κ3) is 11.0. The summed E-state index contributed by atoms with van der Waals surface area (Å²) in [5.74, 6) is 0.801. The van der Waals surface area contributed by atoms with Gasteiger partial charge in [0.05, 0.1) is 12.7 Å². The Bertz CT molecular complexity index is 490. The molecule has 150 valence electrons. The largest absolute Gasteiger partial charge is 0.381 e. The first-order valence-corrected chi connectivity index (χ1v) is 9.06. The lowest BCUT2D eigenvalue weighted by Gasteiger charge is -2.30. The first kappa shape index (κ1) is 25.1. The number of guanidine groups is 1. The van der Waals surface area contributed by atoms with E-state index in [0.29, 0.717) is 0 Å². The van der Waals surface area contributed by atoms with Crippen LogP contribution in [0.5, 0.6) is 0 Å². The van der Waals surface area contributed by atoms with E-state index >= 15 is 0 Å². The summed E-state index contributed by atoms with van der Waals surface area (Å²) in [5, 5.41) is 6.64. The molecule has 1 aromatic carbocycles. The van der Waals surface area contributed by atoms with Crippen molar-refractivity contribution >= 4 is 29.9 Å². The van der Waals surface area contributed by atoms with Crippen molar-refractivity contribution in [1.82, 2.24) is 10.6 Å². The number of rotatable bonds is 10. The van der Waals surface area contributed by atoms with E-state index in [0.717, 1.165) is 45.1 Å². The van der Waals surface area contributed by atoms with E-state index in [9.17, 15) is 0 Å². The molecule has 0 saturated heterocycles. The summed E-state index contributed by atoms with van der Waals surface area (Å²) >= 11 is 0. The Balaban J connectivity index is 0.00000625. The van der Waals surface area contributed by atoms with Gasteiger partial charge in [0.25, 0.3) is 0 Å². The summed E-state index contributed by atoms with van der Waals surface area (Å²) in [6.07, 6.45) is 2.04. The van der Waals surface area contributed by atoms with Gasteiger partial charge in [0.2, 0.25) is 0 Å². The van der Waals surface area contributed by atoms with Crippen molar-refractivity contribution in [3.63, 3.8) is 0 Å². The molecule has 0 aliphatic rings. The Morgan fingerprint density at radius 1 is 1.12 bits per heavy atom. The van der Waals surface area contributed by atoms with Gasteiger partial charge in [-0.15, -0.1) is 24.0 Å². The Morgan fingerprint density at radius 3 is 2.38 bits per heavy atom. The summed E-state index contributed by atoms with van der Waals surface area (Å²) in [4.78, 5) is 4.25. The molecule has 26 heavy (non-hydrogen) atoms. The summed E-state index contributed by atoms with van der Waals surface area (Å²) in [7, 11) is 3.53. The number of hydrogen-bond acceptors (Lipinski definition) is 3. The van der Waals surface area contributed by atoms with Crippen LogP contribution in [0, 0.1) is 5.41 Å². The molecular formula is C20H36IN3O2. The number of nitrogens with one attached hydrogen (secondary N) is 2. The van der Waals surface area contributed by atoms with Crippen molar-refractivity contribution in [2.45, 2.75) is 39.7 Å². The van der Waals surface area contributed by atoms with Crippen LogP contribution in [0.4, 0.5) is 0 Å². The molecule has 5 nitrogen and oxygen atoms in total. The fourth-order valence-corrected chi connectivity index (χ4v) is 2.47. The zero-order valence-electron chi connectivity index (χ0n) is 16.9. The van der Waals surface area contributed by atoms with E-state index < -0.39 is 0 Å². The van der Waals surface area contributed by atoms with Crippen molar-refractivity contribution < 1.29 is 9.47 Å². The van der Waals surface area contributed by atoms with Crippen molar-refractivity contribution in [2.75, 3.05) is 40.5 Å². The third-order valence-electron chi connectivity index (χ3n) is 4.06. The summed E-state index contributed by atoms with van der Waals surface area (Å²) in [6.45, 7) is 9.59. The van der Waals surface area contributed by atoms with Gasteiger partial charge in [0.15, 0.2) is 5.96 Å². The molecule has 1 atom stereocenters. The second-order valence-corrected chi connectivity index (χ2v) is 7.17. The Morgan fingerprint density at radius 2 is 1.81 bits per heavy atom.